The third-order valence-corrected chi connectivity index (χ3v) is 1.39. The maximum Gasteiger partial charge on any atom is 0.208 e. The number of nitrogens with one attached hydrogen (secondary N) is 1. The lowest BCUT2D eigenvalue weighted by atomic mass is 10.7. The van der Waals surface area contributed by atoms with Crippen molar-refractivity contribution in [3.63, 3.8) is 0 Å². The van der Waals surface area contributed by atoms with Crippen LogP contribution < -0.4 is 0 Å². The molecule has 0 saturated carbocycles. The quantitative estimate of drug-likeness (QED) is 0.576. The molecule has 0 bridgehead atoms. The molecular weight excluding hydrogens is 138 g/mol. The minimum atomic E-state index is -0.0758. The summed E-state index contributed by atoms with van der Waals surface area (Å²) in [5.41, 5.74) is 0. The molecule has 0 saturated heterocycles. The summed E-state index contributed by atoms with van der Waals surface area (Å²) >= 11 is 1.44. The Morgan fingerprint density at radius 2 is 2.56 bits per heavy atom. The van der Waals surface area contributed by atoms with Gasteiger partial charge in [0.1, 0.15) is 6.61 Å². The molecule has 0 aliphatic heterocycles. The van der Waals surface area contributed by atoms with Crippen LogP contribution in [0.5, 0.6) is 0 Å². The first-order valence-electron chi connectivity index (χ1n) is 2.43. The van der Waals surface area contributed by atoms with Gasteiger partial charge in [-0.15, -0.1) is 5.10 Å². The Morgan fingerprint density at radius 1 is 1.78 bits per heavy atom. The van der Waals surface area contributed by atoms with Crippen LogP contribution in [0.3, 0.4) is 0 Å². The van der Waals surface area contributed by atoms with Crippen LogP contribution in [0.15, 0.2) is 5.16 Å². The molecule has 1 heterocycles. The summed E-state index contributed by atoms with van der Waals surface area (Å²) in [4.78, 5) is 3.89. The van der Waals surface area contributed by atoms with Crippen molar-refractivity contribution in [3.8, 4) is 0 Å². The Hall–Kier alpha value is -0.550. The lowest BCUT2D eigenvalue weighted by molar-refractivity contribution is 0.271. The summed E-state index contributed by atoms with van der Waals surface area (Å²) in [5, 5.41) is 15.5. The molecular formula is C4H7N3OS. The summed E-state index contributed by atoms with van der Waals surface area (Å²) < 4.78 is 0. The maximum atomic E-state index is 8.50. The zero-order valence-electron chi connectivity index (χ0n) is 4.96. The number of hydrogen-bond acceptors (Lipinski definition) is 4. The molecule has 9 heavy (non-hydrogen) atoms. The molecule has 0 unspecified atom stereocenters. The minimum absolute atomic E-state index is 0.0758. The van der Waals surface area contributed by atoms with Crippen molar-refractivity contribution in [2.24, 2.45) is 0 Å². The van der Waals surface area contributed by atoms with Crippen LogP contribution in [0.2, 0.25) is 0 Å². The largest absolute Gasteiger partial charge is 0.388 e. The van der Waals surface area contributed by atoms with E-state index in [-0.39, 0.29) is 6.61 Å². The van der Waals surface area contributed by atoms with Gasteiger partial charge in [-0.2, -0.15) is 0 Å². The third-order valence-electron chi connectivity index (χ3n) is 0.844. The average Bonchev–Trinajstić information content (AvgIpc) is 2.34. The molecule has 50 valence electrons. The fourth-order valence-corrected chi connectivity index (χ4v) is 0.778. The van der Waals surface area contributed by atoms with Gasteiger partial charge in [0.15, 0.2) is 5.82 Å². The van der Waals surface area contributed by atoms with Crippen molar-refractivity contribution in [2.45, 2.75) is 11.8 Å². The molecule has 1 rings (SSSR count). The lowest BCUT2D eigenvalue weighted by Gasteiger charge is -1.80. The summed E-state index contributed by atoms with van der Waals surface area (Å²) in [6.07, 6.45) is 1.88. The fourth-order valence-electron chi connectivity index (χ4n) is 0.440. The highest BCUT2D eigenvalue weighted by Gasteiger charge is 1.97. The minimum Gasteiger partial charge on any atom is -0.388 e. The first kappa shape index (κ1) is 6.57. The molecule has 0 aliphatic rings. The van der Waals surface area contributed by atoms with Gasteiger partial charge in [0.2, 0.25) is 5.16 Å². The van der Waals surface area contributed by atoms with E-state index in [1.165, 1.54) is 11.8 Å². The van der Waals surface area contributed by atoms with Gasteiger partial charge in [0.05, 0.1) is 0 Å². The highest BCUT2D eigenvalue weighted by atomic mass is 32.2. The molecule has 0 atom stereocenters. The van der Waals surface area contributed by atoms with E-state index in [0.29, 0.717) is 11.0 Å². The Labute approximate surface area is 56.7 Å². The van der Waals surface area contributed by atoms with Crippen molar-refractivity contribution < 1.29 is 5.11 Å². The highest BCUT2D eigenvalue weighted by Crippen LogP contribution is 2.05. The van der Waals surface area contributed by atoms with Gasteiger partial charge in [-0.25, -0.2) is 4.98 Å². The molecule has 5 heteroatoms. The number of aromatic amines is 1. The topological polar surface area (TPSA) is 61.8 Å². The third kappa shape index (κ3) is 1.43. The predicted octanol–water partition coefficient (Wildman–Crippen LogP) is 0.0189. The maximum absolute atomic E-state index is 8.50. The second kappa shape index (κ2) is 2.84. The number of aliphatic hydroxyl groups is 1. The van der Waals surface area contributed by atoms with E-state index in [9.17, 15) is 0 Å². The first-order valence-corrected chi connectivity index (χ1v) is 3.65. The van der Waals surface area contributed by atoms with Crippen molar-refractivity contribution in [2.75, 3.05) is 6.26 Å². The highest BCUT2D eigenvalue weighted by molar-refractivity contribution is 7.98. The molecule has 0 amide bonds. The summed E-state index contributed by atoms with van der Waals surface area (Å²) in [6.45, 7) is -0.0758. The van der Waals surface area contributed by atoms with Crippen molar-refractivity contribution >= 4 is 11.8 Å². The molecule has 4 nitrogen and oxygen atoms in total. The molecule has 1 aromatic rings. The SMILES string of the molecule is CSc1n[nH]c(CO)n1. The van der Waals surface area contributed by atoms with Gasteiger partial charge in [0, 0.05) is 0 Å². The van der Waals surface area contributed by atoms with Gasteiger partial charge in [-0.1, -0.05) is 11.8 Å². The van der Waals surface area contributed by atoms with Crippen LogP contribution in [0.4, 0.5) is 0 Å². The number of H-pyrrole nitrogens is 1. The first-order chi connectivity index (χ1) is 4.36. The monoisotopic (exact) mass is 145 g/mol. The number of rotatable bonds is 2. The number of nitrogens with zero attached hydrogens (tertiary/aromatic N) is 2. The zero-order valence-corrected chi connectivity index (χ0v) is 5.77. The number of aromatic nitrogens is 3. The van der Waals surface area contributed by atoms with Crippen LogP contribution >= 0.6 is 11.8 Å². The number of aliphatic hydroxyl groups excluding tert-OH is 1. The molecule has 1 aromatic heterocycles. The average molecular weight is 145 g/mol. The van der Waals surface area contributed by atoms with Gasteiger partial charge >= 0.3 is 0 Å². The molecule has 0 fully saturated rings. The Kier molecular flexibility index (Phi) is 2.07. The van der Waals surface area contributed by atoms with Gasteiger partial charge in [-0.05, 0) is 6.26 Å². The smallest absolute Gasteiger partial charge is 0.208 e. The standard InChI is InChI=1S/C4H7N3OS/c1-9-4-5-3(2-8)6-7-4/h8H,2H2,1H3,(H,5,6,7). The summed E-state index contributed by atoms with van der Waals surface area (Å²) in [7, 11) is 0. The predicted molar refractivity (Wildman–Crippen MR) is 34.1 cm³/mol. The molecule has 2 N–H and O–H groups in total. The van der Waals surface area contributed by atoms with Gasteiger partial charge in [0.25, 0.3) is 0 Å². The van der Waals surface area contributed by atoms with Crippen LogP contribution in [0.1, 0.15) is 5.82 Å². The summed E-state index contributed by atoms with van der Waals surface area (Å²) in [6, 6.07) is 0. The lowest BCUT2D eigenvalue weighted by Crippen LogP contribution is -1.83. The Morgan fingerprint density at radius 3 is 2.89 bits per heavy atom. The van der Waals surface area contributed by atoms with E-state index in [1.54, 1.807) is 0 Å². The Bertz CT molecular complexity index is 169. The normalized spacial score (nSPS) is 10.0. The van der Waals surface area contributed by atoms with Crippen LogP contribution in [-0.2, 0) is 6.61 Å². The van der Waals surface area contributed by atoms with Crippen LogP contribution in [0.25, 0.3) is 0 Å². The van der Waals surface area contributed by atoms with E-state index < -0.39 is 0 Å². The van der Waals surface area contributed by atoms with Gasteiger partial charge in [-0.3, -0.25) is 5.10 Å². The van der Waals surface area contributed by atoms with E-state index in [0.717, 1.165) is 0 Å². The second-order valence-electron chi connectivity index (χ2n) is 1.43. The molecule has 0 aliphatic carbocycles. The van der Waals surface area contributed by atoms with Crippen LogP contribution in [-0.4, -0.2) is 26.5 Å². The van der Waals surface area contributed by atoms with Crippen molar-refractivity contribution in [1.82, 2.24) is 15.2 Å². The van der Waals surface area contributed by atoms with Gasteiger partial charge < -0.3 is 5.11 Å². The van der Waals surface area contributed by atoms with Crippen LogP contribution in [0, 0.1) is 0 Å². The fraction of sp³-hybridized carbons (Fsp3) is 0.500. The van der Waals surface area contributed by atoms with E-state index in [1.807, 2.05) is 6.26 Å². The van der Waals surface area contributed by atoms with E-state index >= 15 is 0 Å². The van der Waals surface area contributed by atoms with E-state index in [4.69, 9.17) is 5.11 Å². The zero-order chi connectivity index (χ0) is 6.69. The van der Waals surface area contributed by atoms with Crippen molar-refractivity contribution in [1.29, 1.82) is 0 Å². The number of hydrogen-bond donors (Lipinski definition) is 2. The van der Waals surface area contributed by atoms with Crippen molar-refractivity contribution in [3.05, 3.63) is 5.82 Å². The second-order valence-corrected chi connectivity index (χ2v) is 2.20. The Balaban J connectivity index is 2.74. The molecule has 0 spiro atoms. The number of thioether (sulfide) groups is 1. The molecule has 0 radical (unpaired) electrons. The van der Waals surface area contributed by atoms with E-state index in [2.05, 4.69) is 15.2 Å². The molecule has 0 aromatic carbocycles. The summed E-state index contributed by atoms with van der Waals surface area (Å²) in [5.74, 6) is 0.513.